The van der Waals surface area contributed by atoms with Gasteiger partial charge < -0.3 is 9.84 Å². The van der Waals surface area contributed by atoms with Crippen molar-refractivity contribution in [3.05, 3.63) is 10.6 Å². The molecule has 1 N–H and O–H groups in total. The Morgan fingerprint density at radius 2 is 1.90 bits per heavy atom. The zero-order valence-electron chi connectivity index (χ0n) is 12.6. The maximum Gasteiger partial charge on any atom is 0.303 e. The average Bonchev–Trinajstić information content (AvgIpc) is 2.59. The van der Waals surface area contributed by atoms with Gasteiger partial charge in [0.15, 0.2) is 0 Å². The van der Waals surface area contributed by atoms with E-state index in [9.17, 15) is 14.4 Å². The smallest absolute Gasteiger partial charge is 0.303 e. The number of nitrogens with zero attached hydrogens (tertiary/aromatic N) is 1. The summed E-state index contributed by atoms with van der Waals surface area (Å²) in [4.78, 5) is 35.6. The number of aliphatic carboxylic acids is 1. The number of hydrogen-bond acceptors (Lipinski definition) is 4. The molecule has 21 heavy (non-hydrogen) atoms. The number of amides is 2. The molecule has 0 aromatic heterocycles. The Balaban J connectivity index is 2.67. The van der Waals surface area contributed by atoms with E-state index in [-0.39, 0.29) is 23.4 Å². The van der Waals surface area contributed by atoms with Crippen molar-refractivity contribution in [1.82, 2.24) is 4.90 Å². The minimum Gasteiger partial charge on any atom is -0.481 e. The molecule has 1 rings (SSSR count). The van der Waals surface area contributed by atoms with Crippen LogP contribution in [0.5, 0.6) is 0 Å². The summed E-state index contributed by atoms with van der Waals surface area (Å²) >= 11 is 3.05. The van der Waals surface area contributed by atoms with Crippen LogP contribution in [0.1, 0.15) is 40.5 Å². The van der Waals surface area contributed by atoms with Crippen molar-refractivity contribution in [2.45, 2.75) is 51.7 Å². The molecule has 0 atom stereocenters. The number of carbonyl (C=O) groups excluding carboxylic acids is 2. The summed E-state index contributed by atoms with van der Waals surface area (Å²) in [6, 6.07) is 0. The quantitative estimate of drug-likeness (QED) is 0.701. The number of ether oxygens (including phenoxy) is 1. The second-order valence-corrected chi connectivity index (χ2v) is 7.08. The fraction of sp³-hybridized carbons (Fsp3) is 0.643. The Bertz CT molecular complexity index is 496. The fourth-order valence-electron chi connectivity index (χ4n) is 1.93. The lowest BCUT2D eigenvalue weighted by Crippen LogP contribution is -2.52. The zero-order chi connectivity index (χ0) is 16.4. The average molecular weight is 362 g/mol. The van der Waals surface area contributed by atoms with Crippen molar-refractivity contribution in [3.63, 3.8) is 0 Å². The molecular formula is C14H20BrNO5. The van der Waals surface area contributed by atoms with Gasteiger partial charge in [-0.1, -0.05) is 0 Å². The lowest BCUT2D eigenvalue weighted by atomic mass is 10.0. The highest BCUT2D eigenvalue weighted by Crippen LogP contribution is 2.28. The van der Waals surface area contributed by atoms with Gasteiger partial charge >= 0.3 is 5.97 Å². The zero-order valence-corrected chi connectivity index (χ0v) is 14.2. The molecule has 0 bridgehead atoms. The van der Waals surface area contributed by atoms with E-state index >= 15 is 0 Å². The van der Waals surface area contributed by atoms with Crippen LogP contribution >= 0.6 is 15.9 Å². The van der Waals surface area contributed by atoms with E-state index in [4.69, 9.17) is 9.84 Å². The Morgan fingerprint density at radius 1 is 1.33 bits per heavy atom. The summed E-state index contributed by atoms with van der Waals surface area (Å²) in [6.45, 7) is 7.16. The number of carboxylic acids is 1. The molecule has 0 spiro atoms. The maximum atomic E-state index is 12.0. The van der Waals surface area contributed by atoms with Crippen molar-refractivity contribution in [2.75, 3.05) is 6.61 Å². The molecule has 0 aliphatic carbocycles. The van der Waals surface area contributed by atoms with Crippen molar-refractivity contribution in [1.29, 1.82) is 0 Å². The highest BCUT2D eigenvalue weighted by Gasteiger charge is 2.41. The van der Waals surface area contributed by atoms with Crippen molar-refractivity contribution in [3.8, 4) is 0 Å². The molecule has 0 fully saturated rings. The Kier molecular flexibility index (Phi) is 5.33. The molecule has 0 saturated carbocycles. The van der Waals surface area contributed by atoms with Gasteiger partial charge in [-0.15, -0.1) is 0 Å². The van der Waals surface area contributed by atoms with Gasteiger partial charge in [0.25, 0.3) is 11.8 Å². The molecule has 2 amide bonds. The van der Waals surface area contributed by atoms with Gasteiger partial charge in [-0.3, -0.25) is 19.3 Å². The topological polar surface area (TPSA) is 83.9 Å². The number of rotatable bonds is 7. The molecule has 118 valence electrons. The van der Waals surface area contributed by atoms with Crippen LogP contribution in [0.4, 0.5) is 0 Å². The van der Waals surface area contributed by atoms with E-state index in [1.54, 1.807) is 27.7 Å². The highest BCUT2D eigenvalue weighted by molar-refractivity contribution is 9.12. The van der Waals surface area contributed by atoms with E-state index in [1.807, 2.05) is 0 Å². The Labute approximate surface area is 132 Å². The largest absolute Gasteiger partial charge is 0.481 e. The molecule has 0 aromatic carbocycles. The van der Waals surface area contributed by atoms with Gasteiger partial charge in [-0.2, -0.15) is 0 Å². The van der Waals surface area contributed by atoms with Crippen LogP contribution in [0.15, 0.2) is 10.6 Å². The lowest BCUT2D eigenvalue weighted by Gasteiger charge is -2.37. The number of halogens is 1. The number of hydrogen-bond donors (Lipinski definition) is 1. The van der Waals surface area contributed by atoms with Crippen LogP contribution < -0.4 is 0 Å². The first-order valence-corrected chi connectivity index (χ1v) is 7.37. The summed E-state index contributed by atoms with van der Waals surface area (Å²) in [5.74, 6) is -1.66. The molecule has 0 radical (unpaired) electrons. The van der Waals surface area contributed by atoms with Gasteiger partial charge in [0, 0.05) is 12.5 Å². The molecular weight excluding hydrogens is 342 g/mol. The van der Waals surface area contributed by atoms with Crippen LogP contribution in [0.25, 0.3) is 0 Å². The third-order valence-corrected chi connectivity index (χ3v) is 3.81. The Hall–Kier alpha value is -1.21. The molecule has 1 heterocycles. The van der Waals surface area contributed by atoms with Crippen LogP contribution in [0.3, 0.4) is 0 Å². The van der Waals surface area contributed by atoms with Crippen molar-refractivity contribution >= 4 is 33.7 Å². The van der Waals surface area contributed by atoms with Gasteiger partial charge in [0.2, 0.25) is 0 Å². The third kappa shape index (κ3) is 4.64. The predicted molar refractivity (Wildman–Crippen MR) is 79.8 cm³/mol. The first-order valence-electron chi connectivity index (χ1n) is 6.58. The maximum absolute atomic E-state index is 12.0. The van der Waals surface area contributed by atoms with Crippen LogP contribution in [-0.4, -0.2) is 45.5 Å². The standard InChI is InChI=1S/C14H20BrNO5/c1-13(2,16-10(17)7-9(15)12(16)20)8-21-14(3,4)6-5-11(18)19/h7H,5-6,8H2,1-4H3,(H,18,19). The number of imide groups is 1. The second-order valence-electron chi connectivity index (χ2n) is 6.23. The minimum absolute atomic E-state index is 0.00209. The van der Waals surface area contributed by atoms with E-state index in [1.165, 1.54) is 6.08 Å². The van der Waals surface area contributed by atoms with E-state index in [0.717, 1.165) is 4.90 Å². The summed E-state index contributed by atoms with van der Waals surface area (Å²) in [5.41, 5.74) is -1.47. The normalized spacial score (nSPS) is 16.4. The van der Waals surface area contributed by atoms with Crippen LogP contribution in [0, 0.1) is 0 Å². The molecule has 1 aliphatic rings. The lowest BCUT2D eigenvalue weighted by molar-refractivity contribution is -0.149. The molecule has 1 aliphatic heterocycles. The third-order valence-electron chi connectivity index (χ3n) is 3.24. The molecule has 0 aromatic rings. The van der Waals surface area contributed by atoms with Crippen LogP contribution in [-0.2, 0) is 19.1 Å². The molecule has 0 saturated heterocycles. The molecule has 0 unspecified atom stereocenters. The van der Waals surface area contributed by atoms with E-state index in [2.05, 4.69) is 15.9 Å². The fourth-order valence-corrected chi connectivity index (χ4v) is 2.30. The predicted octanol–water partition coefficient (Wildman–Crippen LogP) is 2.07. The SMILES string of the molecule is CC(C)(CCC(=O)O)OCC(C)(C)N1C(=O)C=C(Br)C1=O. The first-order chi connectivity index (χ1) is 9.46. The summed E-state index contributed by atoms with van der Waals surface area (Å²) in [7, 11) is 0. The molecule has 7 heteroatoms. The number of carboxylic acid groups (broad SMARTS) is 1. The summed E-state index contributed by atoms with van der Waals surface area (Å²) < 4.78 is 5.97. The Morgan fingerprint density at radius 3 is 2.33 bits per heavy atom. The van der Waals surface area contributed by atoms with E-state index < -0.39 is 23.0 Å². The van der Waals surface area contributed by atoms with Gasteiger partial charge in [-0.25, -0.2) is 0 Å². The summed E-state index contributed by atoms with van der Waals surface area (Å²) in [6.07, 6.45) is 1.59. The monoisotopic (exact) mass is 361 g/mol. The highest BCUT2D eigenvalue weighted by atomic mass is 79.9. The van der Waals surface area contributed by atoms with Gasteiger partial charge in [0.05, 0.1) is 22.2 Å². The van der Waals surface area contributed by atoms with E-state index in [0.29, 0.717) is 6.42 Å². The van der Waals surface area contributed by atoms with Crippen molar-refractivity contribution < 1.29 is 24.2 Å². The number of carbonyl (C=O) groups is 3. The summed E-state index contributed by atoms with van der Waals surface area (Å²) in [5, 5.41) is 8.71. The molecule has 6 nitrogen and oxygen atoms in total. The van der Waals surface area contributed by atoms with Gasteiger partial charge in [-0.05, 0) is 50.0 Å². The second kappa shape index (κ2) is 6.27. The minimum atomic E-state index is -0.885. The van der Waals surface area contributed by atoms with Crippen molar-refractivity contribution in [2.24, 2.45) is 0 Å². The van der Waals surface area contributed by atoms with Gasteiger partial charge in [0.1, 0.15) is 0 Å². The first kappa shape index (κ1) is 17.8. The van der Waals surface area contributed by atoms with Crippen LogP contribution in [0.2, 0.25) is 0 Å².